The van der Waals surface area contributed by atoms with E-state index in [1.54, 1.807) is 27.7 Å². The summed E-state index contributed by atoms with van der Waals surface area (Å²) in [6, 6.07) is 0. The van der Waals surface area contributed by atoms with E-state index in [2.05, 4.69) is 16.2 Å². The Morgan fingerprint density at radius 2 is 1.92 bits per heavy atom. The Morgan fingerprint density at radius 1 is 1.38 bits per heavy atom. The number of carbonyl (C=O) groups excluding carboxylic acids is 1. The second-order valence-electron chi connectivity index (χ2n) is 3.42. The van der Waals surface area contributed by atoms with E-state index < -0.39 is 11.6 Å². The lowest BCUT2D eigenvalue weighted by Gasteiger charge is -2.17. The van der Waals surface area contributed by atoms with Gasteiger partial charge < -0.3 is 9.62 Å². The maximum Gasteiger partial charge on any atom is 0.377 e. The minimum Gasteiger partial charge on any atom is -0.460 e. The average molecular weight is 188 g/mol. The van der Waals surface area contributed by atoms with Gasteiger partial charge in [0.2, 0.25) is 5.76 Å². The van der Waals surface area contributed by atoms with Gasteiger partial charge in [0.1, 0.15) is 5.60 Å². The minimum atomic E-state index is -0.605. The van der Waals surface area contributed by atoms with Crippen LogP contribution in [0.15, 0.2) is 12.3 Å². The molecule has 0 heterocycles. The van der Waals surface area contributed by atoms with E-state index in [4.69, 9.17) is 4.89 Å². The number of carbonyl (C=O) groups is 1. The molecule has 4 nitrogen and oxygen atoms in total. The first-order valence-corrected chi connectivity index (χ1v) is 4.08. The van der Waals surface area contributed by atoms with Crippen LogP contribution in [0.25, 0.3) is 0 Å². The molecule has 13 heavy (non-hydrogen) atoms. The Labute approximate surface area is 78.4 Å². The highest BCUT2D eigenvalue weighted by Crippen LogP contribution is 2.10. The van der Waals surface area contributed by atoms with Gasteiger partial charge in [0.25, 0.3) is 0 Å². The second kappa shape index (κ2) is 4.87. The molecule has 0 aliphatic carbocycles. The molecular formula is C9H16O4. The molecular weight excluding hydrogens is 172 g/mol. The van der Waals surface area contributed by atoms with Crippen molar-refractivity contribution in [2.24, 2.45) is 0 Å². The molecule has 0 unspecified atom stereocenters. The van der Waals surface area contributed by atoms with Crippen LogP contribution in [0, 0.1) is 0 Å². The molecule has 0 saturated heterocycles. The molecule has 0 aliphatic heterocycles. The van der Waals surface area contributed by atoms with Gasteiger partial charge in [0, 0.05) is 0 Å². The van der Waals surface area contributed by atoms with E-state index in [-0.39, 0.29) is 12.4 Å². The summed E-state index contributed by atoms with van der Waals surface area (Å²) in [4.78, 5) is 20.4. The van der Waals surface area contributed by atoms with Gasteiger partial charge in [-0.1, -0.05) is 0 Å². The van der Waals surface area contributed by atoms with E-state index in [1.807, 2.05) is 0 Å². The van der Waals surface area contributed by atoms with Crippen LogP contribution < -0.4 is 0 Å². The third-order valence-corrected chi connectivity index (χ3v) is 0.895. The largest absolute Gasteiger partial charge is 0.460 e. The van der Waals surface area contributed by atoms with Gasteiger partial charge in [-0.05, 0) is 34.3 Å². The Morgan fingerprint density at radius 3 is 2.31 bits per heavy atom. The molecule has 0 rings (SSSR count). The van der Waals surface area contributed by atoms with Crippen molar-refractivity contribution in [3.63, 3.8) is 0 Å². The second-order valence-corrected chi connectivity index (χ2v) is 3.42. The molecule has 0 saturated carbocycles. The monoisotopic (exact) mass is 188 g/mol. The Kier molecular flexibility index (Phi) is 4.48. The van der Waals surface area contributed by atoms with Crippen molar-refractivity contribution in [1.29, 1.82) is 0 Å². The Hall–Kier alpha value is -1.03. The number of esters is 1. The van der Waals surface area contributed by atoms with E-state index >= 15 is 0 Å². The Balaban J connectivity index is 3.82. The molecule has 0 N–H and O–H groups in total. The van der Waals surface area contributed by atoms with Crippen LogP contribution in [0.1, 0.15) is 27.7 Å². The van der Waals surface area contributed by atoms with Crippen LogP contribution >= 0.6 is 0 Å². The van der Waals surface area contributed by atoms with Crippen LogP contribution in [0.2, 0.25) is 0 Å². The van der Waals surface area contributed by atoms with Gasteiger partial charge in [0.05, 0.1) is 6.61 Å². The van der Waals surface area contributed by atoms with Crippen LogP contribution in [0.3, 0.4) is 0 Å². The summed E-state index contributed by atoms with van der Waals surface area (Å²) in [6.07, 6.45) is 0. The SMILES string of the molecule is C=C(OOC(C)(C)C)C(=O)OCC. The highest BCUT2D eigenvalue weighted by molar-refractivity contribution is 5.85. The first kappa shape index (κ1) is 12.0. The fourth-order valence-electron chi connectivity index (χ4n) is 0.421. The first-order chi connectivity index (χ1) is 5.87. The molecule has 0 spiro atoms. The molecule has 0 atom stereocenters. The van der Waals surface area contributed by atoms with Crippen molar-refractivity contribution in [2.45, 2.75) is 33.3 Å². The third kappa shape index (κ3) is 6.16. The van der Waals surface area contributed by atoms with Gasteiger partial charge in [-0.25, -0.2) is 4.79 Å². The first-order valence-electron chi connectivity index (χ1n) is 4.08. The number of hydrogen-bond acceptors (Lipinski definition) is 4. The Bertz CT molecular complexity index is 190. The number of rotatable bonds is 4. The van der Waals surface area contributed by atoms with E-state index in [9.17, 15) is 4.79 Å². The summed E-state index contributed by atoms with van der Waals surface area (Å²) in [5.74, 6) is -0.747. The van der Waals surface area contributed by atoms with Crippen molar-refractivity contribution < 1.29 is 19.3 Å². The van der Waals surface area contributed by atoms with Gasteiger partial charge >= 0.3 is 5.97 Å². The summed E-state index contributed by atoms with van der Waals surface area (Å²) < 4.78 is 4.63. The molecule has 0 radical (unpaired) electrons. The summed E-state index contributed by atoms with van der Waals surface area (Å²) in [5.41, 5.74) is -0.477. The van der Waals surface area contributed by atoms with Crippen molar-refractivity contribution in [2.75, 3.05) is 6.61 Å². The summed E-state index contributed by atoms with van der Waals surface area (Å²) in [5, 5.41) is 0. The maximum atomic E-state index is 10.9. The summed E-state index contributed by atoms with van der Waals surface area (Å²) >= 11 is 0. The molecule has 4 heteroatoms. The zero-order valence-corrected chi connectivity index (χ0v) is 8.55. The summed E-state index contributed by atoms with van der Waals surface area (Å²) in [7, 11) is 0. The topological polar surface area (TPSA) is 44.8 Å². The van der Waals surface area contributed by atoms with E-state index in [1.165, 1.54) is 0 Å². The van der Waals surface area contributed by atoms with Crippen molar-refractivity contribution in [3.8, 4) is 0 Å². The minimum absolute atomic E-state index is 0.142. The van der Waals surface area contributed by atoms with Crippen molar-refractivity contribution in [3.05, 3.63) is 12.3 Å². The van der Waals surface area contributed by atoms with Crippen molar-refractivity contribution >= 4 is 5.97 Å². The van der Waals surface area contributed by atoms with E-state index in [0.717, 1.165) is 0 Å². The van der Waals surface area contributed by atoms with Gasteiger partial charge in [-0.2, -0.15) is 4.89 Å². The standard InChI is InChI=1S/C9H16O4/c1-6-11-8(10)7(2)12-13-9(3,4)5/h2,6H2,1,3-5H3. The maximum absolute atomic E-state index is 10.9. The number of hydrogen-bond donors (Lipinski definition) is 0. The van der Waals surface area contributed by atoms with Gasteiger partial charge in [-0.15, -0.1) is 0 Å². The fraction of sp³-hybridized carbons (Fsp3) is 0.667. The number of ether oxygens (including phenoxy) is 1. The molecule has 0 bridgehead atoms. The van der Waals surface area contributed by atoms with Gasteiger partial charge in [0.15, 0.2) is 0 Å². The van der Waals surface area contributed by atoms with Crippen LogP contribution in [0.4, 0.5) is 0 Å². The van der Waals surface area contributed by atoms with Crippen molar-refractivity contribution in [1.82, 2.24) is 0 Å². The quantitative estimate of drug-likeness (QED) is 0.222. The predicted molar refractivity (Wildman–Crippen MR) is 47.7 cm³/mol. The third-order valence-electron chi connectivity index (χ3n) is 0.895. The van der Waals surface area contributed by atoms with Gasteiger partial charge in [-0.3, -0.25) is 0 Å². The molecule has 0 aromatic carbocycles. The zero-order valence-electron chi connectivity index (χ0n) is 8.55. The highest BCUT2D eigenvalue weighted by atomic mass is 17.2. The zero-order chi connectivity index (χ0) is 10.5. The average Bonchev–Trinajstić information content (AvgIpc) is 1.99. The lowest BCUT2D eigenvalue weighted by Crippen LogP contribution is -2.21. The lowest BCUT2D eigenvalue weighted by molar-refractivity contribution is -0.320. The molecule has 0 aromatic rings. The van der Waals surface area contributed by atoms with Crippen LogP contribution in [0.5, 0.6) is 0 Å². The molecule has 0 aromatic heterocycles. The highest BCUT2D eigenvalue weighted by Gasteiger charge is 2.16. The molecule has 0 fully saturated rings. The molecule has 0 amide bonds. The lowest BCUT2D eigenvalue weighted by atomic mass is 10.2. The smallest absolute Gasteiger partial charge is 0.377 e. The fourth-order valence-corrected chi connectivity index (χ4v) is 0.421. The predicted octanol–water partition coefficient (Wildman–Crippen LogP) is 1.81. The normalized spacial score (nSPS) is 10.8. The molecule has 76 valence electrons. The molecule has 0 aliphatic rings. The van der Waals surface area contributed by atoms with Crippen LogP contribution in [-0.4, -0.2) is 18.2 Å². The summed E-state index contributed by atoms with van der Waals surface area (Å²) in [6.45, 7) is 10.7. The van der Waals surface area contributed by atoms with E-state index in [0.29, 0.717) is 0 Å². The van der Waals surface area contributed by atoms with Crippen LogP contribution in [-0.2, 0) is 19.3 Å².